The van der Waals surface area contributed by atoms with E-state index in [9.17, 15) is 14.0 Å². The number of esters is 1. The maximum absolute atomic E-state index is 13.3. The lowest BCUT2D eigenvalue weighted by Crippen LogP contribution is -2.37. The molecule has 1 fully saturated rings. The molecule has 0 unspecified atom stereocenters. The van der Waals surface area contributed by atoms with Crippen molar-refractivity contribution in [3.05, 3.63) is 72.2 Å². The zero-order valence-corrected chi connectivity index (χ0v) is 16.5. The average molecular weight is 407 g/mol. The smallest absolute Gasteiger partial charge is 0.342 e. The highest BCUT2D eigenvalue weighted by atomic mass is 19.1. The minimum Gasteiger partial charge on any atom is -0.452 e. The van der Waals surface area contributed by atoms with Crippen molar-refractivity contribution in [1.29, 1.82) is 0 Å². The Hall–Kier alpha value is -3.48. The van der Waals surface area contributed by atoms with E-state index in [1.165, 1.54) is 12.1 Å². The van der Waals surface area contributed by atoms with E-state index >= 15 is 0 Å². The summed E-state index contributed by atoms with van der Waals surface area (Å²) < 4.78 is 20.2. The van der Waals surface area contributed by atoms with Crippen LogP contribution in [0.4, 0.5) is 4.39 Å². The van der Waals surface area contributed by atoms with E-state index in [2.05, 4.69) is 10.4 Å². The highest BCUT2D eigenvalue weighted by molar-refractivity contribution is 5.97. The van der Waals surface area contributed by atoms with E-state index in [1.54, 1.807) is 23.0 Å². The molecule has 1 aliphatic carbocycles. The third-order valence-corrected chi connectivity index (χ3v) is 5.12. The number of hydrogen-bond donors (Lipinski definition) is 1. The van der Waals surface area contributed by atoms with Gasteiger partial charge in [-0.2, -0.15) is 5.10 Å². The van der Waals surface area contributed by atoms with Crippen molar-refractivity contribution in [3.63, 3.8) is 0 Å². The first-order chi connectivity index (χ1) is 14.5. The quantitative estimate of drug-likeness (QED) is 0.606. The largest absolute Gasteiger partial charge is 0.452 e. The molecule has 30 heavy (non-hydrogen) atoms. The van der Waals surface area contributed by atoms with Gasteiger partial charge in [0.25, 0.3) is 5.91 Å². The van der Waals surface area contributed by atoms with Gasteiger partial charge in [-0.25, -0.2) is 13.9 Å². The highest BCUT2D eigenvalue weighted by Gasteiger charge is 2.29. The van der Waals surface area contributed by atoms with Crippen LogP contribution >= 0.6 is 0 Å². The molecule has 1 aromatic heterocycles. The lowest BCUT2D eigenvalue weighted by atomic mass is 10.1. The van der Waals surface area contributed by atoms with Gasteiger partial charge in [-0.15, -0.1) is 0 Å². The van der Waals surface area contributed by atoms with Gasteiger partial charge in [-0.3, -0.25) is 4.79 Å². The summed E-state index contributed by atoms with van der Waals surface area (Å²) in [6, 6.07) is 15.1. The summed E-state index contributed by atoms with van der Waals surface area (Å²) in [6.07, 6.45) is 3.78. The van der Waals surface area contributed by atoms with Crippen LogP contribution in [0.15, 0.2) is 60.8 Å². The van der Waals surface area contributed by atoms with Crippen LogP contribution in [0.5, 0.6) is 0 Å². The Balaban J connectivity index is 1.55. The van der Waals surface area contributed by atoms with Gasteiger partial charge in [-0.05, 0) is 62.1 Å². The maximum atomic E-state index is 13.3. The second-order valence-corrected chi connectivity index (χ2v) is 7.45. The van der Waals surface area contributed by atoms with Crippen LogP contribution < -0.4 is 5.32 Å². The number of para-hydroxylation sites is 1. The maximum Gasteiger partial charge on any atom is 0.342 e. The number of benzene rings is 2. The van der Waals surface area contributed by atoms with E-state index in [0.717, 1.165) is 18.5 Å². The van der Waals surface area contributed by atoms with Crippen LogP contribution in [0.25, 0.3) is 16.9 Å². The molecule has 154 valence electrons. The van der Waals surface area contributed by atoms with Crippen molar-refractivity contribution < 1.29 is 18.7 Å². The molecular weight excluding hydrogens is 385 g/mol. The number of carbonyl (C=O) groups excluding carboxylic acids is 2. The van der Waals surface area contributed by atoms with Gasteiger partial charge in [0.05, 0.1) is 5.69 Å². The van der Waals surface area contributed by atoms with Crippen LogP contribution in [-0.2, 0) is 9.53 Å². The first-order valence-electron chi connectivity index (χ1n) is 9.89. The summed E-state index contributed by atoms with van der Waals surface area (Å²) >= 11 is 0. The van der Waals surface area contributed by atoms with Crippen molar-refractivity contribution in [2.45, 2.75) is 25.8 Å². The molecule has 7 heteroatoms. The van der Waals surface area contributed by atoms with Gasteiger partial charge < -0.3 is 10.1 Å². The van der Waals surface area contributed by atoms with Gasteiger partial charge in [0.2, 0.25) is 0 Å². The Labute approximate surface area is 173 Å². The van der Waals surface area contributed by atoms with Gasteiger partial charge >= 0.3 is 5.97 Å². The summed E-state index contributed by atoms with van der Waals surface area (Å²) in [5.74, 6) is -0.863. The summed E-state index contributed by atoms with van der Waals surface area (Å²) in [7, 11) is 0. The fraction of sp³-hybridized carbons (Fsp3) is 0.261. The molecule has 1 atom stereocenters. The molecule has 0 bridgehead atoms. The third-order valence-electron chi connectivity index (χ3n) is 5.12. The summed E-state index contributed by atoms with van der Waals surface area (Å²) in [5.41, 5.74) is 1.89. The number of nitrogens with zero attached hydrogens (tertiary/aromatic N) is 2. The second-order valence-electron chi connectivity index (χ2n) is 7.45. The first-order valence-corrected chi connectivity index (χ1v) is 9.89. The van der Waals surface area contributed by atoms with Crippen LogP contribution in [0.3, 0.4) is 0 Å². The van der Waals surface area contributed by atoms with Crippen LogP contribution in [0, 0.1) is 11.7 Å². The molecule has 4 rings (SSSR count). The Morgan fingerprint density at radius 1 is 1.17 bits per heavy atom. The molecule has 1 N–H and O–H groups in total. The standard InChI is InChI=1S/C23H22FN3O3/c1-15(16-7-8-16)25-21(28)14-30-23(29)20-13-27(19-5-3-2-4-6-19)26-22(20)17-9-11-18(24)12-10-17/h2-6,9-13,15-16H,7-8,14H2,1H3,(H,25,28)/t15-/m1/s1. The van der Waals surface area contributed by atoms with Gasteiger partial charge in [0.1, 0.15) is 17.1 Å². The number of aromatic nitrogens is 2. The minimum atomic E-state index is -0.661. The number of nitrogens with one attached hydrogen (secondary N) is 1. The van der Waals surface area contributed by atoms with Gasteiger partial charge in [-0.1, -0.05) is 18.2 Å². The molecule has 0 aliphatic heterocycles. The average Bonchev–Trinajstić information content (AvgIpc) is 3.52. The Morgan fingerprint density at radius 3 is 2.53 bits per heavy atom. The predicted octanol–water partition coefficient (Wildman–Crippen LogP) is 3.75. The molecule has 0 radical (unpaired) electrons. The third kappa shape index (κ3) is 4.56. The van der Waals surface area contributed by atoms with Crippen molar-refractivity contribution in [2.24, 2.45) is 5.92 Å². The lowest BCUT2D eigenvalue weighted by molar-refractivity contribution is -0.124. The van der Waals surface area contributed by atoms with E-state index < -0.39 is 5.97 Å². The van der Waals surface area contributed by atoms with E-state index in [4.69, 9.17) is 4.74 Å². The first kappa shape index (κ1) is 19.8. The molecular formula is C23H22FN3O3. The Morgan fingerprint density at radius 2 is 1.87 bits per heavy atom. The van der Waals surface area contributed by atoms with Crippen LogP contribution in [-0.4, -0.2) is 34.3 Å². The van der Waals surface area contributed by atoms with Gasteiger partial charge in [0.15, 0.2) is 6.61 Å². The van der Waals surface area contributed by atoms with Crippen molar-refractivity contribution in [1.82, 2.24) is 15.1 Å². The molecule has 1 aliphatic rings. The van der Waals surface area contributed by atoms with Crippen LogP contribution in [0.2, 0.25) is 0 Å². The molecule has 1 saturated carbocycles. The second kappa shape index (κ2) is 8.49. The monoisotopic (exact) mass is 407 g/mol. The topological polar surface area (TPSA) is 73.2 Å². The molecule has 0 spiro atoms. The van der Waals surface area contributed by atoms with E-state index in [-0.39, 0.29) is 29.9 Å². The highest BCUT2D eigenvalue weighted by Crippen LogP contribution is 2.32. The minimum absolute atomic E-state index is 0.0757. The number of carbonyl (C=O) groups is 2. The zero-order valence-electron chi connectivity index (χ0n) is 16.5. The van der Waals surface area contributed by atoms with Crippen molar-refractivity contribution in [2.75, 3.05) is 6.61 Å². The summed E-state index contributed by atoms with van der Waals surface area (Å²) in [5, 5.41) is 7.35. The summed E-state index contributed by atoms with van der Waals surface area (Å²) in [6.45, 7) is 1.59. The molecule has 1 amide bonds. The number of hydrogen-bond acceptors (Lipinski definition) is 4. The number of halogens is 1. The molecule has 0 saturated heterocycles. The molecule has 1 heterocycles. The van der Waals surface area contributed by atoms with Crippen molar-refractivity contribution in [3.8, 4) is 16.9 Å². The Bertz CT molecular complexity index is 1040. The SMILES string of the molecule is C[C@@H](NC(=O)COC(=O)c1cn(-c2ccccc2)nc1-c1ccc(F)cc1)C1CC1. The van der Waals surface area contributed by atoms with E-state index in [1.807, 2.05) is 37.3 Å². The fourth-order valence-corrected chi connectivity index (χ4v) is 3.28. The Kier molecular flexibility index (Phi) is 5.61. The number of ether oxygens (including phenoxy) is 1. The molecule has 2 aromatic carbocycles. The number of rotatable bonds is 7. The fourth-order valence-electron chi connectivity index (χ4n) is 3.28. The van der Waals surface area contributed by atoms with Crippen molar-refractivity contribution >= 4 is 11.9 Å². The lowest BCUT2D eigenvalue weighted by Gasteiger charge is -2.12. The molecule has 6 nitrogen and oxygen atoms in total. The zero-order chi connectivity index (χ0) is 21.1. The van der Waals surface area contributed by atoms with E-state index in [0.29, 0.717) is 17.2 Å². The molecule has 3 aromatic rings. The summed E-state index contributed by atoms with van der Waals surface area (Å²) in [4.78, 5) is 24.8. The van der Waals surface area contributed by atoms with Gasteiger partial charge in [0, 0.05) is 17.8 Å². The number of amides is 1. The normalized spacial score (nSPS) is 14.2. The predicted molar refractivity (Wildman–Crippen MR) is 110 cm³/mol. The van der Waals surface area contributed by atoms with Crippen LogP contribution in [0.1, 0.15) is 30.1 Å².